The van der Waals surface area contributed by atoms with E-state index in [1.54, 1.807) is 12.4 Å². The van der Waals surface area contributed by atoms with E-state index in [-0.39, 0.29) is 17.8 Å². The molecule has 6 heteroatoms. The van der Waals surface area contributed by atoms with Crippen molar-refractivity contribution in [2.24, 2.45) is 0 Å². The molecule has 18 heavy (non-hydrogen) atoms. The summed E-state index contributed by atoms with van der Waals surface area (Å²) >= 11 is 0. The minimum absolute atomic E-state index is 0.136. The molecule has 0 bridgehead atoms. The topological polar surface area (TPSA) is 84.6 Å². The van der Waals surface area contributed by atoms with Crippen molar-refractivity contribution in [3.05, 3.63) is 41.9 Å². The van der Waals surface area contributed by atoms with Crippen LogP contribution in [0.2, 0.25) is 0 Å². The van der Waals surface area contributed by atoms with E-state index in [0.29, 0.717) is 12.2 Å². The number of carboxylic acids is 1. The molecule has 2 aromatic rings. The Labute approximate surface area is 102 Å². The van der Waals surface area contributed by atoms with E-state index >= 15 is 0 Å². The predicted octanol–water partition coefficient (Wildman–Crippen LogP) is 1.92. The van der Waals surface area contributed by atoms with Crippen LogP contribution in [0.15, 0.2) is 35.0 Å². The molecule has 0 fully saturated rings. The first-order chi connectivity index (χ1) is 8.74. The number of furan rings is 1. The van der Waals surface area contributed by atoms with Gasteiger partial charge in [-0.25, -0.2) is 4.79 Å². The Kier molecular flexibility index (Phi) is 2.40. The Hall–Kier alpha value is -2.50. The molecular formula is C12H10N2O4. The molecule has 3 rings (SSSR count). The first kappa shape index (κ1) is 10.6. The lowest BCUT2D eigenvalue weighted by molar-refractivity contribution is 0.0646. The van der Waals surface area contributed by atoms with Gasteiger partial charge in [-0.2, -0.15) is 0 Å². The van der Waals surface area contributed by atoms with Crippen LogP contribution in [-0.4, -0.2) is 22.6 Å². The third-order valence-corrected chi connectivity index (χ3v) is 2.71. The highest BCUT2D eigenvalue weighted by Gasteiger charge is 2.26. The van der Waals surface area contributed by atoms with E-state index in [2.05, 4.69) is 10.3 Å². The number of hydrogen-bond donors (Lipinski definition) is 2. The number of anilines is 1. The molecule has 1 aliphatic rings. The first-order valence-corrected chi connectivity index (χ1v) is 5.41. The van der Waals surface area contributed by atoms with Gasteiger partial charge in [0.25, 0.3) is 0 Å². The fourth-order valence-electron chi connectivity index (χ4n) is 1.83. The molecule has 0 amide bonds. The number of rotatable bonds is 2. The van der Waals surface area contributed by atoms with Crippen LogP contribution < -0.4 is 10.1 Å². The molecule has 0 radical (unpaired) electrons. The van der Waals surface area contributed by atoms with Crippen molar-refractivity contribution >= 4 is 11.7 Å². The molecule has 6 nitrogen and oxygen atoms in total. The minimum atomic E-state index is -1.12. The zero-order valence-electron chi connectivity index (χ0n) is 9.29. The molecule has 0 aliphatic carbocycles. The maximum Gasteiger partial charge on any atom is 0.372 e. The van der Waals surface area contributed by atoms with E-state index in [4.69, 9.17) is 14.3 Å². The fraction of sp³-hybridized carbons (Fsp3) is 0.167. The van der Waals surface area contributed by atoms with Crippen molar-refractivity contribution in [1.29, 1.82) is 0 Å². The Bertz CT molecular complexity index is 579. The number of carbonyl (C=O) groups is 1. The van der Waals surface area contributed by atoms with Crippen molar-refractivity contribution < 1.29 is 19.1 Å². The summed E-state index contributed by atoms with van der Waals surface area (Å²) in [6.07, 6.45) is 3.14. The highest BCUT2D eigenvalue weighted by molar-refractivity contribution is 5.86. The van der Waals surface area contributed by atoms with Gasteiger partial charge in [0.1, 0.15) is 11.8 Å². The summed E-state index contributed by atoms with van der Waals surface area (Å²) in [6, 6.07) is 5.11. The van der Waals surface area contributed by atoms with E-state index in [9.17, 15) is 4.79 Å². The van der Waals surface area contributed by atoms with Crippen molar-refractivity contribution in [3.63, 3.8) is 0 Å². The zero-order chi connectivity index (χ0) is 12.5. The van der Waals surface area contributed by atoms with Crippen LogP contribution >= 0.6 is 0 Å². The lowest BCUT2D eigenvalue weighted by Crippen LogP contribution is -2.22. The van der Waals surface area contributed by atoms with Gasteiger partial charge in [0.15, 0.2) is 0 Å². The molecule has 0 spiro atoms. The van der Waals surface area contributed by atoms with E-state index < -0.39 is 5.97 Å². The summed E-state index contributed by atoms with van der Waals surface area (Å²) in [5, 5.41) is 11.9. The van der Waals surface area contributed by atoms with Crippen molar-refractivity contribution in [2.75, 3.05) is 11.9 Å². The van der Waals surface area contributed by atoms with Gasteiger partial charge in [-0.3, -0.25) is 4.98 Å². The average molecular weight is 246 g/mol. The number of aromatic nitrogens is 1. The minimum Gasteiger partial charge on any atom is -0.475 e. The molecule has 1 unspecified atom stereocenters. The Morgan fingerprint density at radius 3 is 2.94 bits per heavy atom. The van der Waals surface area contributed by atoms with Crippen molar-refractivity contribution in [3.8, 4) is 5.95 Å². The first-order valence-electron chi connectivity index (χ1n) is 5.41. The third-order valence-electron chi connectivity index (χ3n) is 2.71. The standard InChI is InChI=1S/C12H10N2O4/c15-11(16)9-5-8-12(17-9)18-10(6-14-8)7-1-3-13-4-2-7/h1-5,10,14H,6H2,(H,15,16). The van der Waals surface area contributed by atoms with Gasteiger partial charge in [0.2, 0.25) is 5.76 Å². The summed E-state index contributed by atoms with van der Waals surface area (Å²) in [4.78, 5) is 14.7. The molecule has 2 aromatic heterocycles. The van der Waals surface area contributed by atoms with Crippen LogP contribution in [-0.2, 0) is 0 Å². The van der Waals surface area contributed by atoms with Crippen LogP contribution in [0.25, 0.3) is 0 Å². The number of hydrogen-bond acceptors (Lipinski definition) is 5. The summed E-state index contributed by atoms with van der Waals surface area (Å²) in [6.45, 7) is 0.551. The van der Waals surface area contributed by atoms with Crippen molar-refractivity contribution in [1.82, 2.24) is 4.98 Å². The van der Waals surface area contributed by atoms with Crippen LogP contribution in [0.5, 0.6) is 5.95 Å². The smallest absolute Gasteiger partial charge is 0.372 e. The van der Waals surface area contributed by atoms with Gasteiger partial charge in [-0.15, -0.1) is 0 Å². The lowest BCUT2D eigenvalue weighted by atomic mass is 10.1. The Morgan fingerprint density at radius 2 is 2.22 bits per heavy atom. The summed E-state index contributed by atoms with van der Waals surface area (Å²) in [7, 11) is 0. The molecule has 0 saturated heterocycles. The normalized spacial score (nSPS) is 17.4. The maximum absolute atomic E-state index is 10.8. The second-order valence-corrected chi connectivity index (χ2v) is 3.88. The largest absolute Gasteiger partial charge is 0.475 e. The Morgan fingerprint density at radius 1 is 1.44 bits per heavy atom. The van der Waals surface area contributed by atoms with E-state index in [0.717, 1.165) is 5.56 Å². The van der Waals surface area contributed by atoms with Crippen molar-refractivity contribution in [2.45, 2.75) is 6.10 Å². The zero-order valence-corrected chi connectivity index (χ0v) is 9.29. The quantitative estimate of drug-likeness (QED) is 0.842. The fourth-order valence-corrected chi connectivity index (χ4v) is 1.83. The van der Waals surface area contributed by atoms with Gasteiger partial charge >= 0.3 is 11.9 Å². The lowest BCUT2D eigenvalue weighted by Gasteiger charge is -2.23. The van der Waals surface area contributed by atoms with Gasteiger partial charge in [0.05, 0.1) is 6.54 Å². The van der Waals surface area contributed by atoms with Crippen LogP contribution in [0.1, 0.15) is 22.2 Å². The van der Waals surface area contributed by atoms with Crippen LogP contribution in [0.3, 0.4) is 0 Å². The molecule has 1 atom stereocenters. The van der Waals surface area contributed by atoms with Crippen LogP contribution in [0.4, 0.5) is 5.69 Å². The molecule has 92 valence electrons. The number of ether oxygens (including phenoxy) is 1. The van der Waals surface area contributed by atoms with E-state index in [1.165, 1.54) is 6.07 Å². The monoisotopic (exact) mass is 246 g/mol. The second-order valence-electron chi connectivity index (χ2n) is 3.88. The highest BCUT2D eigenvalue weighted by Crippen LogP contribution is 2.36. The van der Waals surface area contributed by atoms with Crippen LogP contribution in [0, 0.1) is 0 Å². The SMILES string of the molecule is O=C(O)c1cc2c(o1)OC(c1ccncc1)CN2. The number of aromatic carboxylic acids is 1. The number of nitrogens with zero attached hydrogens (tertiary/aromatic N) is 1. The predicted molar refractivity (Wildman–Crippen MR) is 61.8 cm³/mol. The molecule has 1 aliphatic heterocycles. The third kappa shape index (κ3) is 1.77. The number of carboxylic acid groups (broad SMARTS) is 1. The molecule has 3 heterocycles. The summed E-state index contributed by atoms with van der Waals surface area (Å²) in [5.74, 6) is -1.04. The maximum atomic E-state index is 10.8. The molecule has 0 saturated carbocycles. The van der Waals surface area contributed by atoms with Gasteiger partial charge < -0.3 is 19.6 Å². The highest BCUT2D eigenvalue weighted by atomic mass is 16.6. The molecule has 0 aromatic carbocycles. The number of fused-ring (bicyclic) bond motifs is 1. The Balaban J connectivity index is 1.87. The average Bonchev–Trinajstić information content (AvgIpc) is 2.82. The van der Waals surface area contributed by atoms with Gasteiger partial charge in [-0.05, 0) is 17.7 Å². The van der Waals surface area contributed by atoms with Gasteiger partial charge in [-0.1, -0.05) is 0 Å². The second kappa shape index (κ2) is 4.06. The van der Waals surface area contributed by atoms with Gasteiger partial charge in [0, 0.05) is 18.5 Å². The molecule has 2 N–H and O–H groups in total. The van der Waals surface area contributed by atoms with E-state index in [1.807, 2.05) is 12.1 Å². The summed E-state index contributed by atoms with van der Waals surface area (Å²) < 4.78 is 10.7. The number of pyridine rings is 1. The summed E-state index contributed by atoms with van der Waals surface area (Å²) in [5.41, 5.74) is 1.52. The number of nitrogens with one attached hydrogen (secondary N) is 1. The molecular weight excluding hydrogens is 236 g/mol.